The van der Waals surface area contributed by atoms with Crippen molar-refractivity contribution in [1.29, 1.82) is 0 Å². The van der Waals surface area contributed by atoms with E-state index in [0.717, 1.165) is 31.9 Å². The normalized spacial score (nSPS) is 15.3. The van der Waals surface area contributed by atoms with Gasteiger partial charge in [-0.25, -0.2) is 4.98 Å². The summed E-state index contributed by atoms with van der Waals surface area (Å²) in [6.07, 6.45) is 1.57. The fourth-order valence-electron chi connectivity index (χ4n) is 2.72. The Bertz CT molecular complexity index is 641. The summed E-state index contributed by atoms with van der Waals surface area (Å²) in [5.74, 6) is 0.0256. The number of carbonyl (C=O) groups excluding carboxylic acids is 1. The first-order valence-electron chi connectivity index (χ1n) is 7.26. The molecule has 0 unspecified atom stereocenters. The van der Waals surface area contributed by atoms with Gasteiger partial charge in [-0.05, 0) is 31.5 Å². The van der Waals surface area contributed by atoms with Crippen LogP contribution in [0, 0.1) is 13.8 Å². The Morgan fingerprint density at radius 1 is 1.19 bits per heavy atom. The van der Waals surface area contributed by atoms with Crippen LogP contribution < -0.4 is 4.90 Å². The third-order valence-electron chi connectivity index (χ3n) is 3.97. The van der Waals surface area contributed by atoms with Crippen molar-refractivity contribution in [2.24, 2.45) is 0 Å². The molecule has 0 saturated carbocycles. The third kappa shape index (κ3) is 2.77. The molecule has 1 aromatic heterocycles. The largest absolute Gasteiger partial charge is 0.368 e. The molecule has 5 nitrogen and oxygen atoms in total. The van der Waals surface area contributed by atoms with Gasteiger partial charge >= 0.3 is 0 Å². The van der Waals surface area contributed by atoms with Crippen LogP contribution in [-0.2, 0) is 0 Å². The van der Waals surface area contributed by atoms with Crippen molar-refractivity contribution in [3.05, 3.63) is 47.5 Å². The Kier molecular flexibility index (Phi) is 3.64. The number of rotatable bonds is 2. The van der Waals surface area contributed by atoms with Crippen LogP contribution in [0.15, 0.2) is 30.6 Å². The van der Waals surface area contributed by atoms with Crippen LogP contribution in [0.4, 0.5) is 5.69 Å². The lowest BCUT2D eigenvalue weighted by Gasteiger charge is -2.36. The molecule has 1 aliphatic rings. The number of hydrogen-bond acceptors (Lipinski definition) is 3. The van der Waals surface area contributed by atoms with E-state index in [-0.39, 0.29) is 5.91 Å². The number of aromatic nitrogens is 2. The van der Waals surface area contributed by atoms with Crippen molar-refractivity contribution in [2.75, 3.05) is 31.1 Å². The van der Waals surface area contributed by atoms with Gasteiger partial charge < -0.3 is 14.8 Å². The smallest absolute Gasteiger partial charge is 0.274 e. The molecule has 2 aromatic rings. The van der Waals surface area contributed by atoms with Gasteiger partial charge in [0.1, 0.15) is 5.69 Å². The van der Waals surface area contributed by atoms with Crippen molar-refractivity contribution in [2.45, 2.75) is 13.8 Å². The summed E-state index contributed by atoms with van der Waals surface area (Å²) in [6.45, 7) is 7.17. The van der Waals surface area contributed by atoms with Gasteiger partial charge in [0.05, 0.1) is 6.33 Å². The molecule has 2 heterocycles. The second-order valence-electron chi connectivity index (χ2n) is 5.49. The summed E-state index contributed by atoms with van der Waals surface area (Å²) in [5, 5.41) is 0. The van der Waals surface area contributed by atoms with E-state index in [4.69, 9.17) is 0 Å². The van der Waals surface area contributed by atoms with Gasteiger partial charge in [-0.2, -0.15) is 0 Å². The van der Waals surface area contributed by atoms with Gasteiger partial charge in [0, 0.05) is 37.6 Å². The van der Waals surface area contributed by atoms with Gasteiger partial charge in [0.2, 0.25) is 0 Å². The zero-order chi connectivity index (χ0) is 14.8. The van der Waals surface area contributed by atoms with E-state index in [2.05, 4.69) is 46.1 Å². The van der Waals surface area contributed by atoms with E-state index in [1.807, 2.05) is 11.8 Å². The number of aryl methyl sites for hydroxylation is 2. The molecular weight excluding hydrogens is 264 g/mol. The molecule has 5 heteroatoms. The molecule has 0 atom stereocenters. The predicted octanol–water partition coefficient (Wildman–Crippen LogP) is 1.99. The molecule has 0 spiro atoms. The molecule has 1 aromatic carbocycles. The monoisotopic (exact) mass is 284 g/mol. The summed E-state index contributed by atoms with van der Waals surface area (Å²) in [7, 11) is 0. The van der Waals surface area contributed by atoms with Gasteiger partial charge in [-0.1, -0.05) is 12.1 Å². The summed E-state index contributed by atoms with van der Waals surface area (Å²) in [4.78, 5) is 23.7. The van der Waals surface area contributed by atoms with Crippen molar-refractivity contribution in [1.82, 2.24) is 14.9 Å². The summed E-state index contributed by atoms with van der Waals surface area (Å²) < 4.78 is 0. The van der Waals surface area contributed by atoms with Gasteiger partial charge in [-0.15, -0.1) is 0 Å². The van der Waals surface area contributed by atoms with E-state index in [0.29, 0.717) is 5.69 Å². The van der Waals surface area contributed by atoms with Crippen LogP contribution in [0.5, 0.6) is 0 Å². The molecule has 3 rings (SSSR count). The van der Waals surface area contributed by atoms with Crippen LogP contribution in [0.3, 0.4) is 0 Å². The zero-order valence-electron chi connectivity index (χ0n) is 12.5. The Hall–Kier alpha value is -2.30. The lowest BCUT2D eigenvalue weighted by molar-refractivity contribution is 0.0740. The van der Waals surface area contributed by atoms with Gasteiger partial charge in [-0.3, -0.25) is 4.79 Å². The number of nitrogens with one attached hydrogen (secondary N) is 1. The number of piperazine rings is 1. The average Bonchev–Trinajstić information content (AvgIpc) is 2.93. The minimum absolute atomic E-state index is 0.0256. The van der Waals surface area contributed by atoms with E-state index in [1.54, 1.807) is 6.33 Å². The van der Waals surface area contributed by atoms with Gasteiger partial charge in [0.25, 0.3) is 5.91 Å². The highest BCUT2D eigenvalue weighted by Crippen LogP contribution is 2.18. The molecular formula is C16H20N4O. The van der Waals surface area contributed by atoms with E-state index >= 15 is 0 Å². The molecule has 0 radical (unpaired) electrons. The molecule has 0 aliphatic carbocycles. The number of amides is 1. The highest BCUT2D eigenvalue weighted by atomic mass is 16.2. The Labute approximate surface area is 124 Å². The quantitative estimate of drug-likeness (QED) is 0.917. The summed E-state index contributed by atoms with van der Waals surface area (Å²) >= 11 is 0. The minimum atomic E-state index is 0.0256. The topological polar surface area (TPSA) is 52.2 Å². The maximum atomic E-state index is 12.4. The van der Waals surface area contributed by atoms with Crippen molar-refractivity contribution in [3.63, 3.8) is 0 Å². The maximum absolute atomic E-state index is 12.4. The molecule has 1 fully saturated rings. The standard InChI is InChI=1S/C16H20N4O/c1-12-4-3-5-14(10-12)19-6-8-20(9-7-19)16(21)15-13(2)17-11-18-15/h3-5,10-11H,6-9H2,1-2H3,(H,17,18). The van der Waals surface area contributed by atoms with Crippen molar-refractivity contribution >= 4 is 11.6 Å². The highest BCUT2D eigenvalue weighted by Gasteiger charge is 2.24. The number of nitrogens with zero attached hydrogens (tertiary/aromatic N) is 3. The fourth-order valence-corrected chi connectivity index (χ4v) is 2.72. The predicted molar refractivity (Wildman–Crippen MR) is 82.6 cm³/mol. The lowest BCUT2D eigenvalue weighted by Crippen LogP contribution is -2.49. The molecule has 1 amide bonds. The molecule has 0 bridgehead atoms. The summed E-state index contributed by atoms with van der Waals surface area (Å²) in [6, 6.07) is 8.50. The van der Waals surface area contributed by atoms with Crippen LogP contribution in [0.2, 0.25) is 0 Å². The number of carbonyl (C=O) groups is 1. The SMILES string of the molecule is Cc1cccc(N2CCN(C(=O)c3nc[nH]c3C)CC2)c1. The van der Waals surface area contributed by atoms with Crippen molar-refractivity contribution < 1.29 is 4.79 Å². The molecule has 1 aliphatic heterocycles. The molecule has 110 valence electrons. The van der Waals surface area contributed by atoms with Crippen LogP contribution in [0.25, 0.3) is 0 Å². The van der Waals surface area contributed by atoms with E-state index < -0.39 is 0 Å². The third-order valence-corrected chi connectivity index (χ3v) is 3.97. The molecule has 21 heavy (non-hydrogen) atoms. The second-order valence-corrected chi connectivity index (χ2v) is 5.49. The lowest BCUT2D eigenvalue weighted by atomic mass is 10.2. The number of anilines is 1. The maximum Gasteiger partial charge on any atom is 0.274 e. The van der Waals surface area contributed by atoms with Crippen LogP contribution in [-0.4, -0.2) is 47.0 Å². The Balaban J connectivity index is 1.65. The van der Waals surface area contributed by atoms with Crippen molar-refractivity contribution in [3.8, 4) is 0 Å². The van der Waals surface area contributed by atoms with E-state index in [1.165, 1.54) is 11.3 Å². The van der Waals surface area contributed by atoms with Gasteiger partial charge in [0.15, 0.2) is 0 Å². The minimum Gasteiger partial charge on any atom is -0.368 e. The first-order chi connectivity index (χ1) is 10.1. The van der Waals surface area contributed by atoms with E-state index in [9.17, 15) is 4.79 Å². The number of H-pyrrole nitrogens is 1. The Morgan fingerprint density at radius 2 is 1.95 bits per heavy atom. The number of hydrogen-bond donors (Lipinski definition) is 1. The second kappa shape index (κ2) is 5.60. The number of imidazole rings is 1. The number of aromatic amines is 1. The number of benzene rings is 1. The zero-order valence-corrected chi connectivity index (χ0v) is 12.5. The molecule has 1 N–H and O–H groups in total. The first kappa shape index (κ1) is 13.7. The average molecular weight is 284 g/mol. The first-order valence-corrected chi connectivity index (χ1v) is 7.26. The van der Waals surface area contributed by atoms with Crippen LogP contribution >= 0.6 is 0 Å². The highest BCUT2D eigenvalue weighted by molar-refractivity contribution is 5.93. The fraction of sp³-hybridized carbons (Fsp3) is 0.375. The Morgan fingerprint density at radius 3 is 2.57 bits per heavy atom. The summed E-state index contributed by atoms with van der Waals surface area (Å²) in [5.41, 5.74) is 3.87. The molecule has 1 saturated heterocycles. The van der Waals surface area contributed by atoms with Crippen LogP contribution in [0.1, 0.15) is 21.7 Å².